The number of sulfonamides is 1. The lowest BCUT2D eigenvalue weighted by molar-refractivity contribution is -0.120. The van der Waals surface area contributed by atoms with Crippen molar-refractivity contribution in [1.82, 2.24) is 14.4 Å². The third-order valence-electron chi connectivity index (χ3n) is 5.29. The zero-order valence-corrected chi connectivity index (χ0v) is 19.4. The van der Waals surface area contributed by atoms with Gasteiger partial charge in [-0.05, 0) is 68.0 Å². The summed E-state index contributed by atoms with van der Waals surface area (Å²) in [7, 11) is -3.88. The van der Waals surface area contributed by atoms with Gasteiger partial charge in [-0.1, -0.05) is 11.2 Å². The first-order valence-electron chi connectivity index (χ1n) is 10.3. The summed E-state index contributed by atoms with van der Waals surface area (Å²) in [6, 6.07) is 7.46. The average molecular weight is 473 g/mol. The molecule has 168 valence electrons. The monoisotopic (exact) mass is 472 g/mol. The van der Waals surface area contributed by atoms with Crippen LogP contribution in [0.5, 0.6) is 0 Å². The molecule has 1 unspecified atom stereocenters. The van der Waals surface area contributed by atoms with Crippen LogP contribution in [0.3, 0.4) is 0 Å². The normalized spacial score (nSPS) is 17.6. The Bertz CT molecular complexity index is 1230. The second kappa shape index (κ2) is 9.35. The standard InChI is InChI=1S/C22H24N4O4S2/c1-15-9-10-23-20(13-15)24-22(27)17-5-3-11-26(14-17)32(28,29)21-16(2)25-30-19(21)8-7-18-6-4-12-31-18/h4,6-10,12-13,17H,3,5,11,14H2,1-2H3,(H,23,24,27). The summed E-state index contributed by atoms with van der Waals surface area (Å²) in [5.74, 6) is -0.0498. The second-order valence-electron chi connectivity index (χ2n) is 7.72. The third-order valence-corrected chi connectivity index (χ3v) is 8.16. The number of piperidine rings is 1. The zero-order valence-electron chi connectivity index (χ0n) is 17.8. The first-order chi connectivity index (χ1) is 15.3. The van der Waals surface area contributed by atoms with Crippen molar-refractivity contribution in [2.45, 2.75) is 31.6 Å². The Morgan fingerprint density at radius 2 is 2.16 bits per heavy atom. The highest BCUT2D eigenvalue weighted by Gasteiger charge is 2.37. The van der Waals surface area contributed by atoms with Gasteiger partial charge >= 0.3 is 0 Å². The van der Waals surface area contributed by atoms with Gasteiger partial charge in [0.05, 0.1) is 5.92 Å². The van der Waals surface area contributed by atoms with Gasteiger partial charge in [0.25, 0.3) is 0 Å². The summed E-state index contributed by atoms with van der Waals surface area (Å²) in [5, 5.41) is 8.62. The van der Waals surface area contributed by atoms with E-state index in [1.165, 1.54) is 15.6 Å². The van der Waals surface area contributed by atoms with Gasteiger partial charge in [0, 0.05) is 24.2 Å². The topological polar surface area (TPSA) is 105 Å². The predicted octanol–water partition coefficient (Wildman–Crippen LogP) is 3.96. The van der Waals surface area contributed by atoms with E-state index in [2.05, 4.69) is 15.5 Å². The number of nitrogens with zero attached hydrogens (tertiary/aromatic N) is 3. The van der Waals surface area contributed by atoms with Gasteiger partial charge in [-0.3, -0.25) is 4.79 Å². The Hall–Kier alpha value is -2.82. The van der Waals surface area contributed by atoms with E-state index in [1.54, 1.807) is 31.3 Å². The van der Waals surface area contributed by atoms with Crippen LogP contribution in [0, 0.1) is 19.8 Å². The Morgan fingerprint density at radius 3 is 2.91 bits per heavy atom. The first-order valence-corrected chi connectivity index (χ1v) is 12.6. The molecule has 0 saturated carbocycles. The molecule has 1 aliphatic heterocycles. The minimum atomic E-state index is -3.88. The summed E-state index contributed by atoms with van der Waals surface area (Å²) in [6.07, 6.45) is 6.24. The van der Waals surface area contributed by atoms with Gasteiger partial charge in [0.1, 0.15) is 11.5 Å². The van der Waals surface area contributed by atoms with Crippen molar-refractivity contribution in [1.29, 1.82) is 0 Å². The minimum Gasteiger partial charge on any atom is -0.355 e. The molecule has 32 heavy (non-hydrogen) atoms. The molecule has 1 saturated heterocycles. The van der Waals surface area contributed by atoms with Crippen LogP contribution in [0.25, 0.3) is 12.2 Å². The second-order valence-corrected chi connectivity index (χ2v) is 10.6. The summed E-state index contributed by atoms with van der Waals surface area (Å²) >= 11 is 1.54. The van der Waals surface area contributed by atoms with Crippen LogP contribution in [0.4, 0.5) is 5.82 Å². The van der Waals surface area contributed by atoms with Crippen LogP contribution in [0.2, 0.25) is 0 Å². The van der Waals surface area contributed by atoms with E-state index in [4.69, 9.17) is 4.52 Å². The molecule has 1 fully saturated rings. The number of hydrogen-bond donors (Lipinski definition) is 1. The van der Waals surface area contributed by atoms with E-state index in [9.17, 15) is 13.2 Å². The quantitative estimate of drug-likeness (QED) is 0.582. The maximum Gasteiger partial charge on any atom is 0.248 e. The maximum atomic E-state index is 13.5. The molecule has 4 heterocycles. The fourth-order valence-corrected chi connectivity index (χ4v) is 6.07. The Labute approximate surface area is 191 Å². The van der Waals surface area contributed by atoms with Crippen molar-refractivity contribution in [2.75, 3.05) is 18.4 Å². The maximum absolute atomic E-state index is 13.5. The highest BCUT2D eigenvalue weighted by molar-refractivity contribution is 7.89. The summed E-state index contributed by atoms with van der Waals surface area (Å²) in [6.45, 7) is 3.96. The lowest BCUT2D eigenvalue weighted by Gasteiger charge is -2.31. The Balaban J connectivity index is 1.53. The molecule has 4 rings (SSSR count). The van der Waals surface area contributed by atoms with Crippen molar-refractivity contribution in [3.8, 4) is 0 Å². The number of aryl methyl sites for hydroxylation is 2. The molecule has 8 nitrogen and oxygen atoms in total. The van der Waals surface area contributed by atoms with Crippen molar-refractivity contribution in [2.24, 2.45) is 5.92 Å². The van der Waals surface area contributed by atoms with E-state index in [0.29, 0.717) is 30.9 Å². The van der Waals surface area contributed by atoms with Gasteiger partial charge in [-0.25, -0.2) is 13.4 Å². The van der Waals surface area contributed by atoms with Crippen molar-refractivity contribution in [3.05, 3.63) is 57.7 Å². The van der Waals surface area contributed by atoms with Gasteiger partial charge in [-0.15, -0.1) is 11.3 Å². The molecular weight excluding hydrogens is 448 g/mol. The SMILES string of the molecule is Cc1ccnc(NC(=O)C2CCCN(S(=O)(=O)c3c(C)noc3C=Cc3cccs3)C2)c1. The molecule has 1 amide bonds. The van der Waals surface area contributed by atoms with Crippen LogP contribution >= 0.6 is 11.3 Å². The van der Waals surface area contributed by atoms with Gasteiger partial charge in [-0.2, -0.15) is 4.31 Å². The number of carbonyl (C=O) groups excluding carboxylic acids is 1. The number of hydrogen-bond acceptors (Lipinski definition) is 7. The van der Waals surface area contributed by atoms with Crippen molar-refractivity contribution >= 4 is 45.2 Å². The Kier molecular flexibility index (Phi) is 6.54. The third kappa shape index (κ3) is 4.82. The van der Waals surface area contributed by atoms with Crippen molar-refractivity contribution in [3.63, 3.8) is 0 Å². The van der Waals surface area contributed by atoms with E-state index in [1.807, 2.05) is 30.5 Å². The predicted molar refractivity (Wildman–Crippen MR) is 124 cm³/mol. The number of anilines is 1. The van der Waals surface area contributed by atoms with E-state index in [-0.39, 0.29) is 23.1 Å². The fourth-order valence-electron chi connectivity index (χ4n) is 3.68. The lowest BCUT2D eigenvalue weighted by Crippen LogP contribution is -2.44. The molecule has 10 heteroatoms. The van der Waals surface area contributed by atoms with Crippen LogP contribution < -0.4 is 5.32 Å². The molecule has 1 N–H and O–H groups in total. The van der Waals surface area contributed by atoms with Crippen LogP contribution in [0.15, 0.2) is 45.3 Å². The number of nitrogens with one attached hydrogen (secondary N) is 1. The number of carbonyl (C=O) groups is 1. The first kappa shape index (κ1) is 22.4. The number of pyridine rings is 1. The molecule has 1 atom stereocenters. The fraction of sp³-hybridized carbons (Fsp3) is 0.318. The number of aromatic nitrogens is 2. The van der Waals surface area contributed by atoms with Gasteiger partial charge in [0.2, 0.25) is 15.9 Å². The zero-order chi connectivity index (χ0) is 22.7. The van der Waals surface area contributed by atoms with E-state index in [0.717, 1.165) is 10.4 Å². The highest BCUT2D eigenvalue weighted by atomic mass is 32.2. The highest BCUT2D eigenvalue weighted by Crippen LogP contribution is 2.30. The van der Waals surface area contributed by atoms with E-state index >= 15 is 0 Å². The number of thiophene rings is 1. The molecule has 1 aliphatic rings. The van der Waals surface area contributed by atoms with Crippen LogP contribution in [-0.4, -0.2) is 41.9 Å². The number of amides is 1. The largest absolute Gasteiger partial charge is 0.355 e. The average Bonchev–Trinajstić information content (AvgIpc) is 3.42. The molecule has 3 aromatic heterocycles. The van der Waals surface area contributed by atoms with Crippen LogP contribution in [0.1, 0.15) is 34.7 Å². The summed E-state index contributed by atoms with van der Waals surface area (Å²) < 4.78 is 33.6. The molecule has 0 radical (unpaired) electrons. The summed E-state index contributed by atoms with van der Waals surface area (Å²) in [4.78, 5) is 18.0. The molecule has 0 spiro atoms. The molecule has 0 aromatic carbocycles. The smallest absolute Gasteiger partial charge is 0.248 e. The summed E-state index contributed by atoms with van der Waals surface area (Å²) in [5.41, 5.74) is 1.28. The molecule has 0 bridgehead atoms. The van der Waals surface area contributed by atoms with Gasteiger partial charge in [0.15, 0.2) is 10.7 Å². The van der Waals surface area contributed by atoms with Crippen molar-refractivity contribution < 1.29 is 17.7 Å². The lowest BCUT2D eigenvalue weighted by atomic mass is 9.99. The molecular formula is C22H24N4O4S2. The van der Waals surface area contributed by atoms with Crippen LogP contribution in [-0.2, 0) is 14.8 Å². The number of rotatable bonds is 6. The molecule has 3 aromatic rings. The van der Waals surface area contributed by atoms with Gasteiger partial charge < -0.3 is 9.84 Å². The Morgan fingerprint density at radius 1 is 1.31 bits per heavy atom. The molecule has 0 aliphatic carbocycles. The van der Waals surface area contributed by atoms with E-state index < -0.39 is 15.9 Å². The minimum absolute atomic E-state index is 0.0479.